The van der Waals surface area contributed by atoms with Gasteiger partial charge in [0.25, 0.3) is 0 Å². The highest BCUT2D eigenvalue weighted by atomic mass is 16.5. The van der Waals surface area contributed by atoms with Gasteiger partial charge < -0.3 is 14.4 Å². The number of imide groups is 1. The van der Waals surface area contributed by atoms with E-state index in [1.165, 1.54) is 4.90 Å². The number of hydrogen-bond donors (Lipinski definition) is 0. The van der Waals surface area contributed by atoms with Crippen LogP contribution in [0.4, 0.5) is 11.4 Å². The van der Waals surface area contributed by atoms with Crippen molar-refractivity contribution in [2.45, 2.75) is 39.0 Å². The molecule has 3 fully saturated rings. The summed E-state index contributed by atoms with van der Waals surface area (Å²) in [6.07, 6.45) is 3.52. The lowest BCUT2D eigenvalue weighted by molar-refractivity contribution is -0.139. The number of methoxy groups -OCH3 is 1. The molecule has 1 aliphatic carbocycles. The van der Waals surface area contributed by atoms with E-state index in [0.717, 1.165) is 25.7 Å². The van der Waals surface area contributed by atoms with Crippen molar-refractivity contribution in [3.8, 4) is 11.5 Å². The van der Waals surface area contributed by atoms with E-state index in [2.05, 4.69) is 0 Å². The lowest BCUT2D eigenvalue weighted by Crippen LogP contribution is -2.31. The minimum atomic E-state index is -0.599. The molecule has 35 heavy (non-hydrogen) atoms. The number of fused-ring (bicyclic) bond motifs is 1. The van der Waals surface area contributed by atoms with Crippen LogP contribution < -0.4 is 19.3 Å². The van der Waals surface area contributed by atoms with E-state index in [1.807, 2.05) is 0 Å². The third kappa shape index (κ3) is 4.17. The van der Waals surface area contributed by atoms with Gasteiger partial charge in [-0.15, -0.1) is 0 Å². The molecule has 0 radical (unpaired) electrons. The highest BCUT2D eigenvalue weighted by molar-refractivity contribution is 6.22. The zero-order valence-electron chi connectivity index (χ0n) is 19.9. The Balaban J connectivity index is 1.28. The first-order chi connectivity index (χ1) is 16.9. The second-order valence-corrected chi connectivity index (χ2v) is 9.49. The Morgan fingerprint density at radius 3 is 2.31 bits per heavy atom. The van der Waals surface area contributed by atoms with E-state index in [-0.39, 0.29) is 42.5 Å². The highest BCUT2D eigenvalue weighted by Crippen LogP contribution is 2.41. The molecular weight excluding hydrogens is 448 g/mol. The summed E-state index contributed by atoms with van der Waals surface area (Å²) in [6.45, 7) is 2.01. The molecule has 2 aromatic rings. The monoisotopic (exact) mass is 476 g/mol. The smallest absolute Gasteiger partial charge is 0.316 e. The van der Waals surface area contributed by atoms with E-state index < -0.39 is 11.9 Å². The van der Waals surface area contributed by atoms with Gasteiger partial charge in [-0.25, -0.2) is 4.90 Å². The molecule has 3 atom stereocenters. The highest BCUT2D eigenvalue weighted by Gasteiger charge is 2.49. The van der Waals surface area contributed by atoms with E-state index in [9.17, 15) is 19.2 Å². The molecule has 3 aliphatic rings. The molecule has 0 spiro atoms. The van der Waals surface area contributed by atoms with Crippen LogP contribution in [0.25, 0.3) is 0 Å². The zero-order valence-corrected chi connectivity index (χ0v) is 19.9. The van der Waals surface area contributed by atoms with Crippen LogP contribution in [0.5, 0.6) is 11.5 Å². The SMILES string of the molecule is COc1cccc(N2C[C@H](C(=O)Oc3ccc(N4C(=O)[C@H]5CCCC[C@@H]5C4=O)c(C)c3)CC2=O)c1. The molecule has 8 heteroatoms. The molecule has 2 aliphatic heterocycles. The Morgan fingerprint density at radius 2 is 1.66 bits per heavy atom. The van der Waals surface area contributed by atoms with Crippen LogP contribution in [0, 0.1) is 24.7 Å². The number of anilines is 2. The fourth-order valence-corrected chi connectivity index (χ4v) is 5.43. The maximum absolute atomic E-state index is 12.9. The third-order valence-corrected chi connectivity index (χ3v) is 7.29. The standard InChI is InChI=1S/C27H28N2O6/c1-16-12-20(10-11-23(16)29-25(31)21-8-3-4-9-22(21)26(29)32)35-27(33)17-13-24(30)28(15-17)18-6-5-7-19(14-18)34-2/h5-7,10-12,14,17,21-22H,3-4,8-9,13,15H2,1-2H3/t17-,21+,22+/m1/s1. The number of carbonyl (C=O) groups excluding carboxylic acids is 4. The van der Waals surface area contributed by atoms with E-state index >= 15 is 0 Å². The number of benzene rings is 2. The molecule has 8 nitrogen and oxygen atoms in total. The van der Waals surface area contributed by atoms with Crippen molar-refractivity contribution in [2.24, 2.45) is 17.8 Å². The van der Waals surface area contributed by atoms with E-state index in [1.54, 1.807) is 61.4 Å². The van der Waals surface area contributed by atoms with Crippen molar-refractivity contribution >= 4 is 35.1 Å². The molecular formula is C27H28N2O6. The molecule has 2 saturated heterocycles. The fraction of sp³-hybridized carbons (Fsp3) is 0.407. The molecule has 2 aromatic carbocycles. The summed E-state index contributed by atoms with van der Waals surface area (Å²) < 4.78 is 10.8. The second-order valence-electron chi connectivity index (χ2n) is 9.49. The van der Waals surface area contributed by atoms with Crippen LogP contribution in [-0.4, -0.2) is 37.3 Å². The number of rotatable bonds is 5. The number of aryl methyl sites for hydroxylation is 1. The molecule has 182 valence electrons. The molecule has 5 rings (SSSR count). The van der Waals surface area contributed by atoms with Gasteiger partial charge in [-0.1, -0.05) is 18.9 Å². The Bertz CT molecular complexity index is 1180. The summed E-state index contributed by atoms with van der Waals surface area (Å²) in [4.78, 5) is 54.1. The summed E-state index contributed by atoms with van der Waals surface area (Å²) in [6, 6.07) is 12.1. The molecule has 0 bridgehead atoms. The largest absolute Gasteiger partial charge is 0.497 e. The van der Waals surface area contributed by atoms with Crippen molar-refractivity contribution < 1.29 is 28.7 Å². The Morgan fingerprint density at radius 1 is 0.943 bits per heavy atom. The normalized spacial score (nSPS) is 24.1. The van der Waals surface area contributed by atoms with Gasteiger partial charge in [0.05, 0.1) is 30.6 Å². The van der Waals surface area contributed by atoms with Gasteiger partial charge in [-0.05, 0) is 55.7 Å². The number of ether oxygens (including phenoxy) is 2. The Kier molecular flexibility index (Phi) is 6.05. The summed E-state index contributed by atoms with van der Waals surface area (Å²) in [7, 11) is 1.56. The molecule has 0 N–H and O–H groups in total. The molecule has 1 saturated carbocycles. The average molecular weight is 477 g/mol. The zero-order chi connectivity index (χ0) is 24.7. The molecule has 0 aromatic heterocycles. The summed E-state index contributed by atoms with van der Waals surface area (Å²) >= 11 is 0. The van der Waals surface area contributed by atoms with Gasteiger partial charge >= 0.3 is 5.97 Å². The van der Waals surface area contributed by atoms with Crippen molar-refractivity contribution in [1.29, 1.82) is 0 Å². The van der Waals surface area contributed by atoms with Crippen LogP contribution in [0.2, 0.25) is 0 Å². The van der Waals surface area contributed by atoms with Gasteiger partial charge in [0.2, 0.25) is 17.7 Å². The van der Waals surface area contributed by atoms with Crippen molar-refractivity contribution in [3.63, 3.8) is 0 Å². The first kappa shape index (κ1) is 23.1. The minimum Gasteiger partial charge on any atom is -0.497 e. The lowest BCUT2D eigenvalue weighted by atomic mass is 9.81. The predicted octanol–water partition coefficient (Wildman–Crippen LogP) is 3.64. The van der Waals surface area contributed by atoms with E-state index in [4.69, 9.17) is 9.47 Å². The number of amides is 3. The van der Waals surface area contributed by atoms with Gasteiger partial charge in [0.1, 0.15) is 11.5 Å². The number of hydrogen-bond acceptors (Lipinski definition) is 6. The third-order valence-electron chi connectivity index (χ3n) is 7.29. The van der Waals surface area contributed by atoms with Crippen LogP contribution in [-0.2, 0) is 19.2 Å². The van der Waals surface area contributed by atoms with Gasteiger partial charge in [-0.3, -0.25) is 19.2 Å². The quantitative estimate of drug-likeness (QED) is 0.372. The van der Waals surface area contributed by atoms with Crippen LogP contribution >= 0.6 is 0 Å². The summed E-state index contributed by atoms with van der Waals surface area (Å²) in [5, 5.41) is 0. The average Bonchev–Trinajstić information content (AvgIpc) is 3.37. The van der Waals surface area contributed by atoms with Gasteiger partial charge in [0, 0.05) is 24.7 Å². The first-order valence-corrected chi connectivity index (χ1v) is 12.0. The maximum Gasteiger partial charge on any atom is 0.316 e. The molecule has 0 unspecified atom stereocenters. The van der Waals surface area contributed by atoms with Crippen molar-refractivity contribution in [1.82, 2.24) is 0 Å². The predicted molar refractivity (Wildman–Crippen MR) is 128 cm³/mol. The van der Waals surface area contributed by atoms with Crippen LogP contribution in [0.1, 0.15) is 37.7 Å². The second kappa shape index (κ2) is 9.17. The first-order valence-electron chi connectivity index (χ1n) is 12.0. The fourth-order valence-electron chi connectivity index (χ4n) is 5.43. The summed E-state index contributed by atoms with van der Waals surface area (Å²) in [5.41, 5.74) is 1.89. The van der Waals surface area contributed by atoms with Gasteiger partial charge in [-0.2, -0.15) is 0 Å². The van der Waals surface area contributed by atoms with Crippen molar-refractivity contribution in [3.05, 3.63) is 48.0 Å². The molecule has 2 heterocycles. The lowest BCUT2D eigenvalue weighted by Gasteiger charge is -2.19. The van der Waals surface area contributed by atoms with Crippen LogP contribution in [0.15, 0.2) is 42.5 Å². The van der Waals surface area contributed by atoms with Gasteiger partial charge in [0.15, 0.2) is 0 Å². The maximum atomic E-state index is 12.9. The van der Waals surface area contributed by atoms with Crippen LogP contribution in [0.3, 0.4) is 0 Å². The number of esters is 1. The van der Waals surface area contributed by atoms with E-state index in [0.29, 0.717) is 28.4 Å². The Hall–Kier alpha value is -3.68. The summed E-state index contributed by atoms with van der Waals surface area (Å²) in [5.74, 6) is -0.996. The topological polar surface area (TPSA) is 93.2 Å². The molecule has 3 amide bonds. The number of carbonyl (C=O) groups is 4. The number of nitrogens with zero attached hydrogens (tertiary/aromatic N) is 2. The Labute approximate surface area is 203 Å². The minimum absolute atomic E-state index is 0.0622. The van der Waals surface area contributed by atoms with Crippen molar-refractivity contribution in [2.75, 3.05) is 23.5 Å².